The Bertz CT molecular complexity index is 609. The minimum atomic E-state index is -0.197. The molecule has 0 saturated carbocycles. The Kier molecular flexibility index (Phi) is 4.25. The Morgan fingerprint density at radius 3 is 2.55 bits per heavy atom. The second-order valence-corrected chi connectivity index (χ2v) is 4.63. The van der Waals surface area contributed by atoms with Crippen LogP contribution in [0.4, 0.5) is 11.4 Å². The van der Waals surface area contributed by atoms with E-state index in [1.807, 2.05) is 56.3 Å². The van der Waals surface area contributed by atoms with Crippen LogP contribution in [0.2, 0.25) is 0 Å². The van der Waals surface area contributed by atoms with Gasteiger partial charge < -0.3 is 15.8 Å². The molecule has 0 aliphatic rings. The Morgan fingerprint density at radius 1 is 1.15 bits per heavy atom. The number of carbonyl (C=O) groups excluding carboxylic acids is 1. The lowest BCUT2D eigenvalue weighted by Crippen LogP contribution is -2.20. The molecule has 0 heterocycles. The van der Waals surface area contributed by atoms with Crippen molar-refractivity contribution in [2.45, 2.75) is 13.8 Å². The first-order chi connectivity index (χ1) is 9.58. The Balaban J connectivity index is 1.99. The third-order valence-corrected chi connectivity index (χ3v) is 3.05. The topological polar surface area (TPSA) is 64.3 Å². The van der Waals surface area contributed by atoms with Crippen molar-refractivity contribution in [2.24, 2.45) is 0 Å². The van der Waals surface area contributed by atoms with E-state index in [1.165, 1.54) is 0 Å². The van der Waals surface area contributed by atoms with E-state index < -0.39 is 0 Å². The van der Waals surface area contributed by atoms with Crippen molar-refractivity contribution in [3.8, 4) is 5.75 Å². The molecule has 0 aliphatic heterocycles. The monoisotopic (exact) mass is 270 g/mol. The van der Waals surface area contributed by atoms with E-state index >= 15 is 0 Å². The number of nitrogen functional groups attached to an aromatic ring is 1. The SMILES string of the molecule is Cc1ccc(N)c(C)c1OCC(=O)Nc1ccccc1. The lowest BCUT2D eigenvalue weighted by molar-refractivity contribution is -0.118. The maximum absolute atomic E-state index is 11.8. The summed E-state index contributed by atoms with van der Waals surface area (Å²) in [7, 11) is 0. The standard InChI is InChI=1S/C16H18N2O2/c1-11-8-9-14(17)12(2)16(11)20-10-15(19)18-13-6-4-3-5-7-13/h3-9H,10,17H2,1-2H3,(H,18,19). The van der Waals surface area contributed by atoms with Crippen LogP contribution >= 0.6 is 0 Å². The summed E-state index contributed by atoms with van der Waals surface area (Å²) in [6, 6.07) is 13.0. The summed E-state index contributed by atoms with van der Waals surface area (Å²) in [4.78, 5) is 11.8. The predicted molar refractivity (Wildman–Crippen MR) is 80.9 cm³/mol. The van der Waals surface area contributed by atoms with Gasteiger partial charge >= 0.3 is 0 Å². The van der Waals surface area contributed by atoms with Gasteiger partial charge in [-0.1, -0.05) is 24.3 Å². The maximum Gasteiger partial charge on any atom is 0.262 e. The van der Waals surface area contributed by atoms with E-state index in [0.717, 1.165) is 16.8 Å². The van der Waals surface area contributed by atoms with Crippen LogP contribution in [0, 0.1) is 13.8 Å². The highest BCUT2D eigenvalue weighted by Gasteiger charge is 2.09. The summed E-state index contributed by atoms with van der Waals surface area (Å²) < 4.78 is 5.59. The number of nitrogens with two attached hydrogens (primary N) is 1. The van der Waals surface area contributed by atoms with Gasteiger partial charge in [0.15, 0.2) is 6.61 Å². The van der Waals surface area contributed by atoms with Gasteiger partial charge in [-0.25, -0.2) is 0 Å². The van der Waals surface area contributed by atoms with E-state index in [4.69, 9.17) is 10.5 Å². The highest BCUT2D eigenvalue weighted by Crippen LogP contribution is 2.27. The van der Waals surface area contributed by atoms with Crippen molar-refractivity contribution in [1.82, 2.24) is 0 Å². The van der Waals surface area contributed by atoms with Crippen LogP contribution in [-0.4, -0.2) is 12.5 Å². The highest BCUT2D eigenvalue weighted by molar-refractivity contribution is 5.91. The zero-order chi connectivity index (χ0) is 14.5. The fourth-order valence-electron chi connectivity index (χ4n) is 1.92. The van der Waals surface area contributed by atoms with Crippen LogP contribution in [0.1, 0.15) is 11.1 Å². The van der Waals surface area contributed by atoms with Crippen molar-refractivity contribution in [3.05, 3.63) is 53.6 Å². The van der Waals surface area contributed by atoms with E-state index in [2.05, 4.69) is 5.32 Å². The van der Waals surface area contributed by atoms with E-state index in [1.54, 1.807) is 0 Å². The third kappa shape index (κ3) is 3.29. The summed E-state index contributed by atoms with van der Waals surface area (Å²) in [6.45, 7) is 3.77. The average Bonchev–Trinajstić information content (AvgIpc) is 2.44. The van der Waals surface area contributed by atoms with Gasteiger partial charge in [-0.3, -0.25) is 4.79 Å². The van der Waals surface area contributed by atoms with Crippen LogP contribution < -0.4 is 15.8 Å². The van der Waals surface area contributed by atoms with Crippen LogP contribution in [0.25, 0.3) is 0 Å². The molecule has 2 rings (SSSR count). The highest BCUT2D eigenvalue weighted by atomic mass is 16.5. The van der Waals surface area contributed by atoms with E-state index in [-0.39, 0.29) is 12.5 Å². The Labute approximate surface area is 118 Å². The number of hydrogen-bond donors (Lipinski definition) is 2. The third-order valence-electron chi connectivity index (χ3n) is 3.05. The Hall–Kier alpha value is -2.49. The van der Waals surface area contributed by atoms with Crippen LogP contribution in [0.15, 0.2) is 42.5 Å². The predicted octanol–water partition coefficient (Wildman–Crippen LogP) is 2.90. The van der Waals surface area contributed by atoms with Gasteiger partial charge in [0.1, 0.15) is 5.75 Å². The Morgan fingerprint density at radius 2 is 1.85 bits per heavy atom. The fourth-order valence-corrected chi connectivity index (χ4v) is 1.92. The summed E-state index contributed by atoms with van der Waals surface area (Å²) in [5, 5.41) is 2.77. The first kappa shape index (κ1) is 13.9. The van der Waals surface area contributed by atoms with Gasteiger partial charge in [0.05, 0.1) is 0 Å². The second kappa shape index (κ2) is 6.10. The first-order valence-electron chi connectivity index (χ1n) is 6.41. The summed E-state index contributed by atoms with van der Waals surface area (Å²) in [6.07, 6.45) is 0. The molecule has 0 unspecified atom stereocenters. The second-order valence-electron chi connectivity index (χ2n) is 4.63. The number of nitrogens with one attached hydrogen (secondary N) is 1. The van der Waals surface area contributed by atoms with Gasteiger partial charge in [0.25, 0.3) is 5.91 Å². The lowest BCUT2D eigenvalue weighted by atomic mass is 10.1. The van der Waals surface area contributed by atoms with Crippen LogP contribution in [0.5, 0.6) is 5.75 Å². The van der Waals surface area contributed by atoms with E-state index in [0.29, 0.717) is 11.4 Å². The minimum absolute atomic E-state index is 0.0416. The molecular formula is C16H18N2O2. The average molecular weight is 270 g/mol. The number of hydrogen-bond acceptors (Lipinski definition) is 3. The number of amides is 1. The van der Waals surface area contributed by atoms with Gasteiger partial charge in [-0.15, -0.1) is 0 Å². The van der Waals surface area contributed by atoms with Crippen molar-refractivity contribution in [1.29, 1.82) is 0 Å². The van der Waals surface area contributed by atoms with Gasteiger partial charge in [-0.2, -0.15) is 0 Å². The van der Waals surface area contributed by atoms with Crippen molar-refractivity contribution >= 4 is 17.3 Å². The molecule has 0 aliphatic carbocycles. The number of benzene rings is 2. The number of para-hydroxylation sites is 1. The zero-order valence-electron chi connectivity index (χ0n) is 11.6. The molecule has 3 N–H and O–H groups in total. The van der Waals surface area contributed by atoms with Crippen molar-refractivity contribution in [2.75, 3.05) is 17.7 Å². The molecule has 0 radical (unpaired) electrons. The zero-order valence-corrected chi connectivity index (χ0v) is 11.6. The largest absolute Gasteiger partial charge is 0.483 e. The van der Waals surface area contributed by atoms with Gasteiger partial charge in [0, 0.05) is 16.9 Å². The molecule has 20 heavy (non-hydrogen) atoms. The molecule has 0 bridgehead atoms. The molecule has 2 aromatic carbocycles. The summed E-state index contributed by atoms with van der Waals surface area (Å²) >= 11 is 0. The summed E-state index contributed by atoms with van der Waals surface area (Å²) in [5.74, 6) is 0.477. The summed E-state index contributed by atoms with van der Waals surface area (Å²) in [5.41, 5.74) is 9.07. The molecule has 2 aromatic rings. The normalized spacial score (nSPS) is 10.1. The van der Waals surface area contributed by atoms with Crippen molar-refractivity contribution < 1.29 is 9.53 Å². The molecule has 0 atom stereocenters. The molecule has 0 fully saturated rings. The van der Waals surface area contributed by atoms with E-state index in [9.17, 15) is 4.79 Å². The molecule has 4 nitrogen and oxygen atoms in total. The molecular weight excluding hydrogens is 252 g/mol. The van der Waals surface area contributed by atoms with Gasteiger partial charge in [0.2, 0.25) is 0 Å². The number of carbonyl (C=O) groups is 1. The molecule has 1 amide bonds. The quantitative estimate of drug-likeness (QED) is 0.840. The lowest BCUT2D eigenvalue weighted by Gasteiger charge is -2.13. The first-order valence-corrected chi connectivity index (χ1v) is 6.41. The fraction of sp³-hybridized carbons (Fsp3) is 0.188. The molecule has 0 saturated heterocycles. The number of ether oxygens (including phenoxy) is 1. The smallest absolute Gasteiger partial charge is 0.262 e. The minimum Gasteiger partial charge on any atom is -0.483 e. The number of aryl methyl sites for hydroxylation is 1. The number of anilines is 2. The molecule has 4 heteroatoms. The molecule has 104 valence electrons. The number of rotatable bonds is 4. The van der Waals surface area contributed by atoms with Crippen molar-refractivity contribution in [3.63, 3.8) is 0 Å². The molecule has 0 aromatic heterocycles. The van der Waals surface area contributed by atoms with Crippen LogP contribution in [-0.2, 0) is 4.79 Å². The molecule has 0 spiro atoms. The van der Waals surface area contributed by atoms with Crippen LogP contribution in [0.3, 0.4) is 0 Å². The maximum atomic E-state index is 11.8. The van der Waals surface area contributed by atoms with Gasteiger partial charge in [-0.05, 0) is 37.6 Å².